The Balaban J connectivity index is 1.84. The van der Waals surface area contributed by atoms with E-state index in [0.717, 1.165) is 11.2 Å². The van der Waals surface area contributed by atoms with Crippen LogP contribution < -0.4 is 13.9 Å². The summed E-state index contributed by atoms with van der Waals surface area (Å²) in [5, 5.41) is 7.45. The number of aromatic nitrogens is 3. The summed E-state index contributed by atoms with van der Waals surface area (Å²) in [5.74, 6) is 1.02. The average Bonchev–Trinajstić information content (AvgIpc) is 3.01. The quantitative estimate of drug-likeness (QED) is 0.553. The van der Waals surface area contributed by atoms with Gasteiger partial charge in [-0.15, -0.1) is 0 Å². The molecule has 0 saturated heterocycles. The number of H-pyrrole nitrogens is 1. The molecule has 0 aromatic carbocycles. The van der Waals surface area contributed by atoms with Crippen LogP contribution in [0.2, 0.25) is 0 Å². The maximum Gasteiger partial charge on any atom is 0.290 e. The molecule has 0 fully saturated rings. The van der Waals surface area contributed by atoms with Crippen LogP contribution in [0.25, 0.3) is 5.65 Å². The van der Waals surface area contributed by atoms with E-state index in [1.165, 1.54) is 6.21 Å². The van der Waals surface area contributed by atoms with Gasteiger partial charge in [0.25, 0.3) is 5.65 Å². The van der Waals surface area contributed by atoms with Crippen molar-refractivity contribution in [2.75, 3.05) is 7.11 Å². The predicted octanol–water partition coefficient (Wildman–Crippen LogP) is 1.73. The van der Waals surface area contributed by atoms with Gasteiger partial charge in [-0.25, -0.2) is 14.4 Å². The molecule has 3 heterocycles. The SMILES string of the molecule is COc1cc(C=N)c(OCc2ccc[n+]3cc[nH]c23)cn1. The Morgan fingerprint density at radius 2 is 2.33 bits per heavy atom. The monoisotopic (exact) mass is 283 g/mol. The van der Waals surface area contributed by atoms with E-state index in [1.54, 1.807) is 19.4 Å². The number of pyridine rings is 2. The van der Waals surface area contributed by atoms with Crippen LogP contribution in [0.4, 0.5) is 0 Å². The van der Waals surface area contributed by atoms with Crippen molar-refractivity contribution in [3.05, 3.63) is 54.1 Å². The zero-order chi connectivity index (χ0) is 14.7. The Bertz CT molecular complexity index is 782. The first-order valence-electron chi connectivity index (χ1n) is 6.45. The first-order chi connectivity index (χ1) is 10.3. The molecule has 6 nitrogen and oxygen atoms in total. The number of nitrogens with zero attached hydrogens (tertiary/aromatic N) is 2. The zero-order valence-electron chi connectivity index (χ0n) is 11.5. The van der Waals surface area contributed by atoms with Crippen LogP contribution in [-0.4, -0.2) is 23.3 Å². The van der Waals surface area contributed by atoms with Crippen LogP contribution in [0, 0.1) is 5.41 Å². The van der Waals surface area contributed by atoms with Crippen molar-refractivity contribution in [3.63, 3.8) is 0 Å². The number of imidazole rings is 1. The normalized spacial score (nSPS) is 10.5. The van der Waals surface area contributed by atoms with Crippen molar-refractivity contribution in [1.29, 1.82) is 5.41 Å². The van der Waals surface area contributed by atoms with Gasteiger partial charge in [-0.2, -0.15) is 0 Å². The molecule has 3 aromatic heterocycles. The molecule has 0 amide bonds. The number of rotatable bonds is 5. The fraction of sp³-hybridized carbons (Fsp3) is 0.133. The van der Waals surface area contributed by atoms with Gasteiger partial charge >= 0.3 is 0 Å². The second kappa shape index (κ2) is 5.62. The van der Waals surface area contributed by atoms with Gasteiger partial charge in [0.15, 0.2) is 0 Å². The molecule has 2 N–H and O–H groups in total. The van der Waals surface area contributed by atoms with E-state index in [-0.39, 0.29) is 0 Å². The van der Waals surface area contributed by atoms with Gasteiger partial charge in [0.05, 0.1) is 25.1 Å². The molecule has 106 valence electrons. The highest BCUT2D eigenvalue weighted by Crippen LogP contribution is 2.21. The highest BCUT2D eigenvalue weighted by Gasteiger charge is 2.11. The number of aromatic amines is 1. The maximum atomic E-state index is 7.45. The standard InChI is InChI=1S/C15H14N4O2/c1-20-14-7-12(8-16)13(9-18-14)21-10-11-3-2-5-19-6-4-17-15(11)19/h2-9,16H,10H2,1H3/p+1. The summed E-state index contributed by atoms with van der Waals surface area (Å²) in [6.45, 7) is 0.389. The molecule has 3 rings (SSSR count). The van der Waals surface area contributed by atoms with Crippen molar-refractivity contribution in [1.82, 2.24) is 9.97 Å². The van der Waals surface area contributed by atoms with E-state index < -0.39 is 0 Å². The molecule has 0 bridgehead atoms. The van der Waals surface area contributed by atoms with Crippen molar-refractivity contribution >= 4 is 11.9 Å². The Morgan fingerprint density at radius 3 is 3.14 bits per heavy atom. The minimum Gasteiger partial charge on any atom is -0.486 e. The van der Waals surface area contributed by atoms with Crippen LogP contribution >= 0.6 is 0 Å². The molecule has 3 aromatic rings. The predicted molar refractivity (Wildman–Crippen MR) is 77.0 cm³/mol. The van der Waals surface area contributed by atoms with Gasteiger partial charge in [-0.1, -0.05) is 0 Å². The number of fused-ring (bicyclic) bond motifs is 1. The highest BCUT2D eigenvalue weighted by atomic mass is 16.5. The van der Waals surface area contributed by atoms with E-state index in [2.05, 4.69) is 9.97 Å². The largest absolute Gasteiger partial charge is 0.486 e. The Morgan fingerprint density at radius 1 is 1.43 bits per heavy atom. The lowest BCUT2D eigenvalue weighted by Gasteiger charge is -2.09. The first kappa shape index (κ1) is 13.1. The molecule has 0 aliphatic rings. The van der Waals surface area contributed by atoms with Gasteiger partial charge in [-0.05, 0) is 12.1 Å². The van der Waals surface area contributed by atoms with Crippen LogP contribution in [0.1, 0.15) is 11.1 Å². The Kier molecular flexibility index (Phi) is 3.51. The van der Waals surface area contributed by atoms with Gasteiger partial charge < -0.3 is 14.9 Å². The van der Waals surface area contributed by atoms with Crippen LogP contribution in [0.5, 0.6) is 11.6 Å². The fourth-order valence-corrected chi connectivity index (χ4v) is 2.11. The van der Waals surface area contributed by atoms with Crippen LogP contribution in [0.3, 0.4) is 0 Å². The summed E-state index contributed by atoms with van der Waals surface area (Å²) in [6, 6.07) is 5.63. The molecular weight excluding hydrogens is 268 g/mol. The number of methoxy groups -OCH3 is 1. The molecule has 6 heteroatoms. The number of hydrogen-bond acceptors (Lipinski definition) is 4. The summed E-state index contributed by atoms with van der Waals surface area (Å²) < 4.78 is 12.8. The summed E-state index contributed by atoms with van der Waals surface area (Å²) in [4.78, 5) is 7.28. The molecule has 0 radical (unpaired) electrons. The molecular formula is C15H15N4O2+. The topological polar surface area (TPSA) is 75.1 Å². The lowest BCUT2D eigenvalue weighted by atomic mass is 10.2. The smallest absolute Gasteiger partial charge is 0.290 e. The molecule has 0 aliphatic heterocycles. The number of ether oxygens (including phenoxy) is 2. The lowest BCUT2D eigenvalue weighted by molar-refractivity contribution is -0.510. The summed E-state index contributed by atoms with van der Waals surface area (Å²) in [5.41, 5.74) is 2.64. The third-order valence-corrected chi connectivity index (χ3v) is 3.18. The highest BCUT2D eigenvalue weighted by molar-refractivity contribution is 5.81. The fourth-order valence-electron chi connectivity index (χ4n) is 2.11. The minimum absolute atomic E-state index is 0.389. The van der Waals surface area contributed by atoms with Crippen molar-refractivity contribution in [2.24, 2.45) is 0 Å². The second-order valence-electron chi connectivity index (χ2n) is 4.45. The van der Waals surface area contributed by atoms with Crippen molar-refractivity contribution < 1.29 is 13.9 Å². The van der Waals surface area contributed by atoms with Crippen molar-refractivity contribution in [3.8, 4) is 11.6 Å². The summed E-state index contributed by atoms with van der Waals surface area (Å²) in [7, 11) is 1.54. The molecule has 0 atom stereocenters. The van der Waals surface area contributed by atoms with E-state index in [9.17, 15) is 0 Å². The number of hydrogen-bond donors (Lipinski definition) is 2. The summed E-state index contributed by atoms with van der Waals surface area (Å²) in [6.07, 6.45) is 8.57. The average molecular weight is 283 g/mol. The van der Waals surface area contributed by atoms with Crippen LogP contribution in [0.15, 0.2) is 43.0 Å². The van der Waals surface area contributed by atoms with Gasteiger partial charge in [0.1, 0.15) is 24.8 Å². The molecule has 0 saturated carbocycles. The van der Waals surface area contributed by atoms with Crippen LogP contribution in [-0.2, 0) is 6.61 Å². The van der Waals surface area contributed by atoms with Gasteiger partial charge in [0.2, 0.25) is 5.88 Å². The van der Waals surface area contributed by atoms with E-state index in [1.807, 2.05) is 35.1 Å². The lowest BCUT2D eigenvalue weighted by Crippen LogP contribution is -2.19. The molecule has 0 spiro atoms. The third-order valence-electron chi connectivity index (χ3n) is 3.18. The van der Waals surface area contributed by atoms with Gasteiger partial charge in [-0.3, -0.25) is 0 Å². The second-order valence-corrected chi connectivity index (χ2v) is 4.45. The Hall–Kier alpha value is -2.89. The first-order valence-corrected chi connectivity index (χ1v) is 6.45. The van der Waals surface area contributed by atoms with E-state index >= 15 is 0 Å². The molecule has 0 unspecified atom stereocenters. The molecule has 21 heavy (non-hydrogen) atoms. The van der Waals surface area contributed by atoms with Crippen molar-refractivity contribution in [2.45, 2.75) is 6.61 Å². The third kappa shape index (κ3) is 2.55. The minimum atomic E-state index is 0.389. The number of nitrogens with one attached hydrogen (secondary N) is 2. The zero-order valence-corrected chi connectivity index (χ0v) is 11.5. The maximum absolute atomic E-state index is 7.45. The van der Waals surface area contributed by atoms with E-state index in [4.69, 9.17) is 14.9 Å². The molecule has 0 aliphatic carbocycles. The van der Waals surface area contributed by atoms with Gasteiger partial charge in [0, 0.05) is 17.8 Å². The summed E-state index contributed by atoms with van der Waals surface area (Å²) >= 11 is 0. The Labute approximate surface area is 121 Å². The van der Waals surface area contributed by atoms with E-state index in [0.29, 0.717) is 23.8 Å².